The molecule has 20 heavy (non-hydrogen) atoms. The number of aromatic nitrogens is 1. The summed E-state index contributed by atoms with van der Waals surface area (Å²) >= 11 is 0. The Hall–Kier alpha value is -1.09. The summed E-state index contributed by atoms with van der Waals surface area (Å²) in [4.78, 5) is 7.33. The maximum Gasteiger partial charge on any atom is 0.129 e. The van der Waals surface area contributed by atoms with Crippen LogP contribution in [0.4, 0.5) is 5.82 Å². The molecular formula is C17H29N3. The molecule has 1 N–H and O–H groups in total. The SMILES string of the molecule is CC(C)NCc1cc(C(C)C)nc(N2CCCCC2)c1. The quantitative estimate of drug-likeness (QED) is 0.888. The van der Waals surface area contributed by atoms with Crippen molar-refractivity contribution < 1.29 is 0 Å². The second-order valence-corrected chi connectivity index (χ2v) is 6.50. The predicted octanol–water partition coefficient (Wildman–Crippen LogP) is 3.69. The first-order chi connectivity index (χ1) is 9.56. The van der Waals surface area contributed by atoms with Crippen molar-refractivity contribution in [3.8, 4) is 0 Å². The van der Waals surface area contributed by atoms with E-state index in [1.165, 1.54) is 36.3 Å². The number of piperidine rings is 1. The van der Waals surface area contributed by atoms with Gasteiger partial charge in [0, 0.05) is 31.4 Å². The van der Waals surface area contributed by atoms with Crippen molar-refractivity contribution >= 4 is 5.82 Å². The van der Waals surface area contributed by atoms with E-state index in [1.807, 2.05) is 0 Å². The van der Waals surface area contributed by atoms with Crippen LogP contribution < -0.4 is 10.2 Å². The highest BCUT2D eigenvalue weighted by atomic mass is 15.2. The Morgan fingerprint density at radius 1 is 1.10 bits per heavy atom. The maximum absolute atomic E-state index is 4.88. The normalized spacial score (nSPS) is 16.2. The molecule has 1 aromatic rings. The molecular weight excluding hydrogens is 246 g/mol. The van der Waals surface area contributed by atoms with Gasteiger partial charge in [0.15, 0.2) is 0 Å². The molecule has 3 heteroatoms. The van der Waals surface area contributed by atoms with Crippen LogP contribution in [-0.4, -0.2) is 24.1 Å². The highest BCUT2D eigenvalue weighted by Crippen LogP contribution is 2.23. The van der Waals surface area contributed by atoms with Crippen molar-refractivity contribution in [1.29, 1.82) is 0 Å². The third kappa shape index (κ3) is 4.20. The zero-order chi connectivity index (χ0) is 14.5. The summed E-state index contributed by atoms with van der Waals surface area (Å²) in [5.74, 6) is 1.66. The lowest BCUT2D eigenvalue weighted by Gasteiger charge is -2.29. The highest BCUT2D eigenvalue weighted by Gasteiger charge is 2.15. The summed E-state index contributed by atoms with van der Waals surface area (Å²) < 4.78 is 0. The Labute approximate surface area is 123 Å². The molecule has 2 heterocycles. The summed E-state index contributed by atoms with van der Waals surface area (Å²) in [7, 11) is 0. The van der Waals surface area contributed by atoms with Gasteiger partial charge in [0.25, 0.3) is 0 Å². The largest absolute Gasteiger partial charge is 0.357 e. The maximum atomic E-state index is 4.88. The highest BCUT2D eigenvalue weighted by molar-refractivity contribution is 5.43. The van der Waals surface area contributed by atoms with Gasteiger partial charge in [-0.3, -0.25) is 0 Å². The molecule has 1 saturated heterocycles. The van der Waals surface area contributed by atoms with Crippen LogP contribution in [-0.2, 0) is 6.54 Å². The van der Waals surface area contributed by atoms with Crippen molar-refractivity contribution in [2.75, 3.05) is 18.0 Å². The zero-order valence-electron chi connectivity index (χ0n) is 13.4. The fourth-order valence-electron chi connectivity index (χ4n) is 2.60. The fourth-order valence-corrected chi connectivity index (χ4v) is 2.60. The summed E-state index contributed by atoms with van der Waals surface area (Å²) in [5.41, 5.74) is 2.58. The molecule has 1 aromatic heterocycles. The standard InChI is InChI=1S/C17H29N3/c1-13(2)16-10-15(12-18-14(3)4)11-17(19-16)20-8-6-5-7-9-20/h10-11,13-14,18H,5-9,12H2,1-4H3. The number of hydrogen-bond acceptors (Lipinski definition) is 3. The topological polar surface area (TPSA) is 28.2 Å². The number of rotatable bonds is 5. The Kier molecular flexibility index (Phi) is 5.41. The molecule has 0 saturated carbocycles. The minimum atomic E-state index is 0.484. The number of anilines is 1. The van der Waals surface area contributed by atoms with Gasteiger partial charge in [-0.2, -0.15) is 0 Å². The van der Waals surface area contributed by atoms with E-state index in [-0.39, 0.29) is 0 Å². The number of nitrogens with zero attached hydrogens (tertiary/aromatic N) is 2. The molecule has 112 valence electrons. The van der Waals surface area contributed by atoms with Crippen molar-refractivity contribution in [3.63, 3.8) is 0 Å². The molecule has 3 nitrogen and oxygen atoms in total. The summed E-state index contributed by atoms with van der Waals surface area (Å²) in [6, 6.07) is 5.05. The van der Waals surface area contributed by atoms with Crippen LogP contribution in [0, 0.1) is 0 Å². The summed E-state index contributed by atoms with van der Waals surface area (Å²) in [6.07, 6.45) is 3.96. The van der Waals surface area contributed by atoms with Gasteiger partial charge in [-0.05, 0) is 42.9 Å². The van der Waals surface area contributed by atoms with Crippen molar-refractivity contribution in [3.05, 3.63) is 23.4 Å². The summed E-state index contributed by atoms with van der Waals surface area (Å²) in [5, 5.41) is 3.51. The average Bonchev–Trinajstić information content (AvgIpc) is 2.45. The van der Waals surface area contributed by atoms with Crippen LogP contribution >= 0.6 is 0 Å². The molecule has 2 rings (SSSR count). The van der Waals surface area contributed by atoms with Gasteiger partial charge in [0.1, 0.15) is 5.82 Å². The van der Waals surface area contributed by atoms with Crippen molar-refractivity contribution in [1.82, 2.24) is 10.3 Å². The van der Waals surface area contributed by atoms with Gasteiger partial charge in [0.05, 0.1) is 0 Å². The smallest absolute Gasteiger partial charge is 0.129 e. The van der Waals surface area contributed by atoms with E-state index >= 15 is 0 Å². The fraction of sp³-hybridized carbons (Fsp3) is 0.706. The van der Waals surface area contributed by atoms with E-state index in [0.29, 0.717) is 12.0 Å². The lowest BCUT2D eigenvalue weighted by atomic mass is 10.1. The molecule has 0 aromatic carbocycles. The minimum absolute atomic E-state index is 0.484. The molecule has 0 atom stereocenters. The van der Waals surface area contributed by atoms with E-state index in [2.05, 4.69) is 50.0 Å². The molecule has 0 aliphatic carbocycles. The number of hydrogen-bond donors (Lipinski definition) is 1. The van der Waals surface area contributed by atoms with Crippen LogP contribution in [0.25, 0.3) is 0 Å². The first-order valence-electron chi connectivity index (χ1n) is 8.05. The second-order valence-electron chi connectivity index (χ2n) is 6.50. The van der Waals surface area contributed by atoms with Gasteiger partial charge in [-0.1, -0.05) is 27.7 Å². The van der Waals surface area contributed by atoms with Crippen LogP contribution in [0.5, 0.6) is 0 Å². The van der Waals surface area contributed by atoms with E-state index in [4.69, 9.17) is 4.98 Å². The van der Waals surface area contributed by atoms with Gasteiger partial charge in [-0.25, -0.2) is 4.98 Å². The molecule has 0 amide bonds. The van der Waals surface area contributed by atoms with E-state index in [1.54, 1.807) is 0 Å². The Morgan fingerprint density at radius 2 is 1.80 bits per heavy atom. The lowest BCUT2D eigenvalue weighted by Crippen LogP contribution is -2.30. The third-order valence-corrected chi connectivity index (χ3v) is 3.88. The minimum Gasteiger partial charge on any atom is -0.357 e. The van der Waals surface area contributed by atoms with Crippen molar-refractivity contribution in [2.24, 2.45) is 0 Å². The average molecular weight is 275 g/mol. The Balaban J connectivity index is 2.20. The first-order valence-corrected chi connectivity index (χ1v) is 8.05. The molecule has 1 aliphatic rings. The molecule has 0 spiro atoms. The van der Waals surface area contributed by atoms with Gasteiger partial charge < -0.3 is 10.2 Å². The second kappa shape index (κ2) is 7.07. The lowest BCUT2D eigenvalue weighted by molar-refractivity contribution is 0.569. The zero-order valence-corrected chi connectivity index (χ0v) is 13.4. The summed E-state index contributed by atoms with van der Waals surface area (Å²) in [6.45, 7) is 12.1. The first kappa shape index (κ1) is 15.3. The van der Waals surface area contributed by atoms with E-state index < -0.39 is 0 Å². The molecule has 1 aliphatic heterocycles. The monoisotopic (exact) mass is 275 g/mol. The van der Waals surface area contributed by atoms with Crippen LogP contribution in [0.1, 0.15) is 64.1 Å². The van der Waals surface area contributed by atoms with Gasteiger partial charge >= 0.3 is 0 Å². The molecule has 0 unspecified atom stereocenters. The van der Waals surface area contributed by atoms with E-state index in [0.717, 1.165) is 19.6 Å². The Bertz CT molecular complexity index is 420. The molecule has 1 fully saturated rings. The van der Waals surface area contributed by atoms with E-state index in [9.17, 15) is 0 Å². The number of pyridine rings is 1. The number of nitrogens with one attached hydrogen (secondary N) is 1. The van der Waals surface area contributed by atoms with Crippen LogP contribution in [0.15, 0.2) is 12.1 Å². The predicted molar refractivity (Wildman–Crippen MR) is 86.4 cm³/mol. The third-order valence-electron chi connectivity index (χ3n) is 3.88. The van der Waals surface area contributed by atoms with Crippen LogP contribution in [0.3, 0.4) is 0 Å². The molecule has 0 radical (unpaired) electrons. The van der Waals surface area contributed by atoms with Crippen molar-refractivity contribution in [2.45, 2.75) is 65.5 Å². The Morgan fingerprint density at radius 3 is 2.40 bits per heavy atom. The van der Waals surface area contributed by atoms with Gasteiger partial charge in [-0.15, -0.1) is 0 Å². The van der Waals surface area contributed by atoms with Gasteiger partial charge in [0.2, 0.25) is 0 Å². The van der Waals surface area contributed by atoms with Crippen LogP contribution in [0.2, 0.25) is 0 Å². The molecule has 0 bridgehead atoms.